The van der Waals surface area contributed by atoms with Gasteiger partial charge in [0.05, 0.1) is 5.69 Å². The number of hydrogen-bond acceptors (Lipinski definition) is 4. The minimum absolute atomic E-state index is 0.299. The molecule has 1 aromatic heterocycles. The number of hydrogen-bond donors (Lipinski definition) is 4. The number of hydrazine groups is 1. The fraction of sp³-hybridized carbons (Fsp3) is 0.308. The summed E-state index contributed by atoms with van der Waals surface area (Å²) in [6, 6.07) is 15.2. The van der Waals surface area contributed by atoms with Gasteiger partial charge in [-0.1, -0.05) is 44.2 Å². The van der Waals surface area contributed by atoms with Gasteiger partial charge in [0.25, 0.3) is 0 Å². The maximum absolute atomic E-state index is 13.9. The molecule has 3 aromatic rings. The molecule has 32 heavy (non-hydrogen) atoms. The lowest BCUT2D eigenvalue weighted by Crippen LogP contribution is -2.40. The smallest absolute Gasteiger partial charge is 0.123 e. The maximum atomic E-state index is 13.9. The molecule has 0 atom stereocenters. The van der Waals surface area contributed by atoms with E-state index in [1.54, 1.807) is 6.07 Å². The van der Waals surface area contributed by atoms with Crippen LogP contribution in [0.25, 0.3) is 22.8 Å². The van der Waals surface area contributed by atoms with Crippen molar-refractivity contribution in [2.45, 2.75) is 33.7 Å². The average Bonchev–Trinajstić information content (AvgIpc) is 3.08. The van der Waals surface area contributed by atoms with Crippen LogP contribution < -0.4 is 21.5 Å². The minimum atomic E-state index is -0.299. The topological polar surface area (TPSA) is 69.1 Å². The Balaban J connectivity index is 2.02. The lowest BCUT2D eigenvalue weighted by molar-refractivity contribution is 0.553. The first-order chi connectivity index (χ1) is 15.3. The number of rotatable bonds is 9. The van der Waals surface area contributed by atoms with Crippen molar-refractivity contribution < 1.29 is 4.39 Å². The van der Waals surface area contributed by atoms with Crippen molar-refractivity contribution in [3.8, 4) is 11.1 Å². The maximum Gasteiger partial charge on any atom is 0.123 e. The van der Waals surface area contributed by atoms with Gasteiger partial charge in [0.2, 0.25) is 0 Å². The van der Waals surface area contributed by atoms with Gasteiger partial charge in [-0.3, -0.25) is 0 Å². The summed E-state index contributed by atoms with van der Waals surface area (Å²) in [6.45, 7) is 9.97. The molecule has 0 fully saturated rings. The highest BCUT2D eigenvalue weighted by Gasteiger charge is 2.19. The number of H-pyrrole nitrogens is 1. The van der Waals surface area contributed by atoms with Crippen molar-refractivity contribution in [1.29, 1.82) is 0 Å². The molecule has 0 amide bonds. The molecule has 5 nitrogen and oxygen atoms in total. The summed E-state index contributed by atoms with van der Waals surface area (Å²) < 4.78 is 13.9. The zero-order valence-electron chi connectivity index (χ0n) is 19.6. The Hall–Kier alpha value is -3.09. The molecule has 5 N–H and O–H groups in total. The fourth-order valence-corrected chi connectivity index (χ4v) is 3.89. The van der Waals surface area contributed by atoms with E-state index in [1.165, 1.54) is 12.1 Å². The monoisotopic (exact) mass is 435 g/mol. The number of aryl methyl sites for hydroxylation is 1. The SMILES string of the molecule is C/C(=C\c1[nH]c(C)c(N(C)NCCNC(C)C)c1-c1ccccc1)c1cc(F)ccc1N. The first-order valence-electron chi connectivity index (χ1n) is 11.0. The van der Waals surface area contributed by atoms with E-state index in [-0.39, 0.29) is 5.82 Å². The molecule has 0 bridgehead atoms. The Morgan fingerprint density at radius 1 is 1.16 bits per heavy atom. The minimum Gasteiger partial charge on any atom is -0.398 e. The predicted octanol–water partition coefficient (Wildman–Crippen LogP) is 5.21. The summed E-state index contributed by atoms with van der Waals surface area (Å²) in [5, 5.41) is 5.49. The molecule has 0 aliphatic carbocycles. The molecule has 1 heterocycles. The Kier molecular flexibility index (Phi) is 7.72. The van der Waals surface area contributed by atoms with Crippen molar-refractivity contribution in [3.63, 3.8) is 0 Å². The lowest BCUT2D eigenvalue weighted by Gasteiger charge is -2.23. The molecule has 3 rings (SSSR count). The summed E-state index contributed by atoms with van der Waals surface area (Å²) in [5.41, 5.74) is 17.0. The van der Waals surface area contributed by atoms with Crippen molar-refractivity contribution in [3.05, 3.63) is 71.3 Å². The molecule has 170 valence electrons. The highest BCUT2D eigenvalue weighted by atomic mass is 19.1. The molecule has 0 saturated carbocycles. The standard InChI is InChI=1S/C26H34FN5/c1-17(2)29-13-14-30-32(5)26-19(4)31-24(25(26)20-9-7-6-8-10-20)15-18(3)22-16-21(27)11-12-23(22)28/h6-12,15-17,29-31H,13-14,28H2,1-5H3/b18-15+. The van der Waals surface area contributed by atoms with Crippen LogP contribution in [0.4, 0.5) is 15.8 Å². The third kappa shape index (κ3) is 5.58. The van der Waals surface area contributed by atoms with Crippen LogP contribution in [0, 0.1) is 12.7 Å². The fourth-order valence-electron chi connectivity index (χ4n) is 3.89. The number of allylic oxidation sites excluding steroid dienone is 1. The van der Waals surface area contributed by atoms with E-state index in [0.29, 0.717) is 17.3 Å². The second-order valence-corrected chi connectivity index (χ2v) is 8.39. The highest BCUT2D eigenvalue weighted by molar-refractivity contribution is 5.93. The van der Waals surface area contributed by atoms with Gasteiger partial charge in [0, 0.05) is 54.4 Å². The number of aromatic nitrogens is 1. The van der Waals surface area contributed by atoms with Crippen LogP contribution in [0.3, 0.4) is 0 Å². The van der Waals surface area contributed by atoms with Crippen molar-refractivity contribution in [2.75, 3.05) is 30.9 Å². The predicted molar refractivity (Wildman–Crippen MR) is 135 cm³/mol. The van der Waals surface area contributed by atoms with E-state index in [0.717, 1.165) is 46.9 Å². The Morgan fingerprint density at radius 2 is 1.88 bits per heavy atom. The van der Waals surface area contributed by atoms with Crippen molar-refractivity contribution in [2.24, 2.45) is 0 Å². The summed E-state index contributed by atoms with van der Waals surface area (Å²) in [7, 11) is 2.03. The number of nitrogen functional groups attached to an aromatic ring is 1. The van der Waals surface area contributed by atoms with Gasteiger partial charge in [0.15, 0.2) is 0 Å². The molecule has 2 aromatic carbocycles. The second kappa shape index (κ2) is 10.5. The van der Waals surface area contributed by atoms with Crippen LogP contribution in [0.5, 0.6) is 0 Å². The van der Waals surface area contributed by atoms with Gasteiger partial charge in [0.1, 0.15) is 5.82 Å². The number of nitrogens with one attached hydrogen (secondary N) is 3. The van der Waals surface area contributed by atoms with E-state index in [1.807, 2.05) is 38.2 Å². The highest BCUT2D eigenvalue weighted by Crippen LogP contribution is 2.38. The van der Waals surface area contributed by atoms with Crippen LogP contribution >= 0.6 is 0 Å². The zero-order chi connectivity index (χ0) is 23.3. The van der Waals surface area contributed by atoms with Crippen LogP contribution in [0.2, 0.25) is 0 Å². The molecular formula is C26H34FN5. The number of anilines is 2. The molecule has 0 saturated heterocycles. The van der Waals surface area contributed by atoms with E-state index in [9.17, 15) is 4.39 Å². The zero-order valence-corrected chi connectivity index (χ0v) is 19.6. The Bertz CT molecular complexity index is 1070. The molecule has 0 radical (unpaired) electrons. The van der Waals surface area contributed by atoms with Gasteiger partial charge in [-0.05, 0) is 49.3 Å². The summed E-state index contributed by atoms with van der Waals surface area (Å²) >= 11 is 0. The number of nitrogens with zero attached hydrogens (tertiary/aromatic N) is 1. The van der Waals surface area contributed by atoms with E-state index in [2.05, 4.69) is 53.6 Å². The van der Waals surface area contributed by atoms with Gasteiger partial charge in [-0.2, -0.15) is 0 Å². The number of aromatic amines is 1. The van der Waals surface area contributed by atoms with Crippen molar-refractivity contribution >= 4 is 23.0 Å². The Labute approximate surface area is 190 Å². The van der Waals surface area contributed by atoms with Gasteiger partial charge in [-0.15, -0.1) is 0 Å². The molecule has 0 aliphatic rings. The van der Waals surface area contributed by atoms with Crippen LogP contribution in [0.15, 0.2) is 48.5 Å². The quantitative estimate of drug-likeness (QED) is 0.212. The number of nitrogens with two attached hydrogens (primary N) is 1. The third-order valence-electron chi connectivity index (χ3n) is 5.41. The van der Waals surface area contributed by atoms with E-state index >= 15 is 0 Å². The van der Waals surface area contributed by atoms with E-state index < -0.39 is 0 Å². The first-order valence-corrected chi connectivity index (χ1v) is 11.0. The first kappa shape index (κ1) is 23.6. The van der Waals surface area contributed by atoms with Gasteiger partial charge >= 0.3 is 0 Å². The average molecular weight is 436 g/mol. The Morgan fingerprint density at radius 3 is 2.56 bits per heavy atom. The summed E-state index contributed by atoms with van der Waals surface area (Å²) in [4.78, 5) is 3.53. The van der Waals surface area contributed by atoms with Crippen LogP contribution in [0.1, 0.15) is 37.7 Å². The summed E-state index contributed by atoms with van der Waals surface area (Å²) in [5.74, 6) is -0.299. The molecule has 0 unspecified atom stereocenters. The third-order valence-corrected chi connectivity index (χ3v) is 5.41. The number of halogens is 1. The van der Waals surface area contributed by atoms with Gasteiger partial charge in [-0.25, -0.2) is 9.82 Å². The molecule has 0 spiro atoms. The normalized spacial score (nSPS) is 11.9. The molecule has 6 heteroatoms. The van der Waals surface area contributed by atoms with Crippen LogP contribution in [-0.2, 0) is 0 Å². The largest absolute Gasteiger partial charge is 0.398 e. The second-order valence-electron chi connectivity index (χ2n) is 8.39. The number of benzene rings is 2. The summed E-state index contributed by atoms with van der Waals surface area (Å²) in [6.07, 6.45) is 2.04. The lowest BCUT2D eigenvalue weighted by atomic mass is 9.99. The van der Waals surface area contributed by atoms with E-state index in [4.69, 9.17) is 5.73 Å². The molecule has 0 aliphatic heterocycles. The van der Waals surface area contributed by atoms with Gasteiger partial charge < -0.3 is 21.0 Å². The molecular weight excluding hydrogens is 401 g/mol. The van der Waals surface area contributed by atoms with Crippen LogP contribution in [-0.4, -0.2) is 31.2 Å². The van der Waals surface area contributed by atoms with Crippen molar-refractivity contribution in [1.82, 2.24) is 15.7 Å².